The number of fused-ring (bicyclic) bond motifs is 1. The quantitative estimate of drug-likeness (QED) is 0.897. The van der Waals surface area contributed by atoms with E-state index in [1.807, 2.05) is 20.0 Å². The van der Waals surface area contributed by atoms with Crippen molar-refractivity contribution in [3.63, 3.8) is 0 Å². The van der Waals surface area contributed by atoms with Crippen molar-refractivity contribution >= 4 is 28.5 Å². The lowest BCUT2D eigenvalue weighted by molar-refractivity contribution is -0.126. The van der Waals surface area contributed by atoms with Gasteiger partial charge in [-0.2, -0.15) is 5.10 Å². The van der Waals surface area contributed by atoms with Crippen LogP contribution in [0.15, 0.2) is 12.3 Å². The van der Waals surface area contributed by atoms with Gasteiger partial charge in [0.25, 0.3) is 0 Å². The third-order valence-electron chi connectivity index (χ3n) is 4.64. The number of hydrogen-bond acceptors (Lipinski definition) is 4. The van der Waals surface area contributed by atoms with Gasteiger partial charge in [-0.3, -0.25) is 14.3 Å². The average molecular weight is 329 g/mol. The molecule has 2 heterocycles. The topological polar surface area (TPSA) is 88.9 Å². The zero-order valence-corrected chi connectivity index (χ0v) is 14.3. The molecule has 0 unspecified atom stereocenters. The number of nitrogens with one attached hydrogen (secondary N) is 2. The highest BCUT2D eigenvalue weighted by atomic mass is 16.2. The van der Waals surface area contributed by atoms with Crippen LogP contribution in [0.3, 0.4) is 0 Å². The Morgan fingerprint density at radius 3 is 2.71 bits per heavy atom. The zero-order chi connectivity index (χ0) is 17.3. The second kappa shape index (κ2) is 6.59. The highest BCUT2D eigenvalue weighted by Crippen LogP contribution is 2.28. The third kappa shape index (κ3) is 3.25. The highest BCUT2D eigenvalue weighted by molar-refractivity contribution is 5.98. The van der Waals surface area contributed by atoms with Gasteiger partial charge in [0.05, 0.1) is 17.6 Å². The number of aromatic nitrogens is 3. The molecule has 7 nitrogen and oxygen atoms in total. The van der Waals surface area contributed by atoms with Crippen LogP contribution in [0.25, 0.3) is 11.0 Å². The van der Waals surface area contributed by atoms with Crippen LogP contribution < -0.4 is 10.6 Å². The summed E-state index contributed by atoms with van der Waals surface area (Å²) in [7, 11) is 1.84. The maximum absolute atomic E-state index is 12.7. The van der Waals surface area contributed by atoms with E-state index in [1.54, 1.807) is 10.9 Å². The molecule has 0 aliphatic heterocycles. The van der Waals surface area contributed by atoms with Crippen LogP contribution in [-0.2, 0) is 16.6 Å². The van der Waals surface area contributed by atoms with Crippen LogP contribution >= 0.6 is 0 Å². The molecule has 1 aliphatic rings. The molecule has 2 N–H and O–H groups in total. The summed E-state index contributed by atoms with van der Waals surface area (Å²) in [6, 6.07) is 1.39. The van der Waals surface area contributed by atoms with E-state index in [2.05, 4.69) is 20.7 Å². The van der Waals surface area contributed by atoms with E-state index in [4.69, 9.17) is 0 Å². The predicted molar refractivity (Wildman–Crippen MR) is 91.4 cm³/mol. The number of carbonyl (C=O) groups is 2. The molecule has 128 valence electrons. The Bertz CT molecular complexity index is 777. The van der Waals surface area contributed by atoms with Gasteiger partial charge in [-0.05, 0) is 31.7 Å². The van der Waals surface area contributed by atoms with Crippen molar-refractivity contribution in [1.29, 1.82) is 0 Å². The lowest BCUT2D eigenvalue weighted by Gasteiger charge is -2.23. The number of carbonyl (C=O) groups excluding carboxylic acids is 2. The van der Waals surface area contributed by atoms with Gasteiger partial charge < -0.3 is 10.6 Å². The zero-order valence-electron chi connectivity index (χ0n) is 14.3. The second-order valence-electron chi connectivity index (χ2n) is 6.52. The van der Waals surface area contributed by atoms with Crippen molar-refractivity contribution in [3.8, 4) is 0 Å². The number of rotatable bonds is 4. The van der Waals surface area contributed by atoms with Gasteiger partial charge in [0.1, 0.15) is 6.04 Å². The molecular weight excluding hydrogens is 306 g/mol. The van der Waals surface area contributed by atoms with Crippen LogP contribution in [0.5, 0.6) is 0 Å². The first-order valence-corrected chi connectivity index (χ1v) is 8.33. The fourth-order valence-electron chi connectivity index (χ4n) is 3.50. The monoisotopic (exact) mass is 329 g/mol. The first-order valence-electron chi connectivity index (χ1n) is 8.33. The first kappa shape index (κ1) is 16.4. The van der Waals surface area contributed by atoms with Gasteiger partial charge in [-0.25, -0.2) is 4.98 Å². The predicted octanol–water partition coefficient (Wildman–Crippen LogP) is 1.91. The molecule has 7 heteroatoms. The molecule has 2 aromatic heterocycles. The minimum Gasteiger partial charge on any atom is -0.344 e. The van der Waals surface area contributed by atoms with Crippen LogP contribution in [0, 0.1) is 12.8 Å². The van der Waals surface area contributed by atoms with Gasteiger partial charge in [0.2, 0.25) is 11.8 Å². The van der Waals surface area contributed by atoms with E-state index in [1.165, 1.54) is 6.92 Å². The largest absolute Gasteiger partial charge is 0.344 e. The van der Waals surface area contributed by atoms with Gasteiger partial charge >= 0.3 is 0 Å². The van der Waals surface area contributed by atoms with Crippen molar-refractivity contribution in [1.82, 2.24) is 20.1 Å². The highest BCUT2D eigenvalue weighted by Gasteiger charge is 2.31. The van der Waals surface area contributed by atoms with Gasteiger partial charge in [0.15, 0.2) is 5.65 Å². The van der Waals surface area contributed by atoms with Crippen LogP contribution in [-0.4, -0.2) is 32.6 Å². The molecule has 0 radical (unpaired) electrons. The molecular formula is C17H23N5O2. The van der Waals surface area contributed by atoms with Gasteiger partial charge in [0, 0.05) is 19.4 Å². The molecule has 0 saturated heterocycles. The summed E-state index contributed by atoms with van der Waals surface area (Å²) >= 11 is 0. The Morgan fingerprint density at radius 2 is 2.04 bits per heavy atom. The Kier molecular flexibility index (Phi) is 4.51. The van der Waals surface area contributed by atoms with Crippen molar-refractivity contribution in [2.75, 3.05) is 5.32 Å². The number of aryl methyl sites for hydroxylation is 2. The molecule has 3 rings (SSSR count). The van der Waals surface area contributed by atoms with E-state index in [-0.39, 0.29) is 17.7 Å². The number of amides is 2. The fraction of sp³-hybridized carbons (Fsp3) is 0.529. The van der Waals surface area contributed by atoms with E-state index < -0.39 is 6.04 Å². The Labute approximate surface area is 140 Å². The van der Waals surface area contributed by atoms with Crippen LogP contribution in [0.2, 0.25) is 0 Å². The lowest BCUT2D eigenvalue weighted by Crippen LogP contribution is -2.47. The maximum Gasteiger partial charge on any atom is 0.247 e. The second-order valence-corrected chi connectivity index (χ2v) is 6.52. The van der Waals surface area contributed by atoms with E-state index in [0.717, 1.165) is 42.4 Å². The Morgan fingerprint density at radius 1 is 1.33 bits per heavy atom. The van der Waals surface area contributed by atoms with Crippen molar-refractivity contribution < 1.29 is 9.59 Å². The molecule has 2 amide bonds. The normalized spacial score (nSPS) is 16.3. The number of anilines is 1. The average Bonchev–Trinajstić information content (AvgIpc) is 3.14. The molecule has 1 saturated carbocycles. The SMILES string of the molecule is CC(=O)N[C@@H](C(=O)Nc1cnc2c(c1)c(C)nn2C)C1CCCC1. The maximum atomic E-state index is 12.7. The van der Waals surface area contributed by atoms with Crippen molar-refractivity contribution in [3.05, 3.63) is 18.0 Å². The van der Waals surface area contributed by atoms with E-state index in [0.29, 0.717) is 5.69 Å². The third-order valence-corrected chi connectivity index (χ3v) is 4.64. The minimum absolute atomic E-state index is 0.181. The van der Waals surface area contributed by atoms with Gasteiger partial charge in [-0.1, -0.05) is 12.8 Å². The minimum atomic E-state index is -0.490. The molecule has 1 atom stereocenters. The van der Waals surface area contributed by atoms with Crippen molar-refractivity contribution in [2.45, 2.75) is 45.6 Å². The Balaban J connectivity index is 1.81. The van der Waals surface area contributed by atoms with Crippen molar-refractivity contribution in [2.24, 2.45) is 13.0 Å². The summed E-state index contributed by atoms with van der Waals surface area (Å²) in [4.78, 5) is 28.5. The fourth-order valence-corrected chi connectivity index (χ4v) is 3.50. The molecule has 1 fully saturated rings. The molecule has 0 bridgehead atoms. The molecule has 0 spiro atoms. The summed E-state index contributed by atoms with van der Waals surface area (Å²) in [5.74, 6) is -0.163. The van der Waals surface area contributed by atoms with Gasteiger partial charge in [-0.15, -0.1) is 0 Å². The number of hydrogen-bond donors (Lipinski definition) is 2. The molecule has 24 heavy (non-hydrogen) atoms. The smallest absolute Gasteiger partial charge is 0.247 e. The van der Waals surface area contributed by atoms with E-state index in [9.17, 15) is 9.59 Å². The van der Waals surface area contributed by atoms with E-state index >= 15 is 0 Å². The standard InChI is InChI=1S/C17H23N5O2/c1-10-14-8-13(9-18-16(14)22(3)21-10)20-17(24)15(19-11(2)23)12-6-4-5-7-12/h8-9,12,15H,4-7H2,1-3H3,(H,19,23)(H,20,24)/t15-/m1/s1. The van der Waals surface area contributed by atoms with Crippen LogP contribution in [0.1, 0.15) is 38.3 Å². The molecule has 2 aromatic rings. The number of pyridine rings is 1. The first-order chi connectivity index (χ1) is 11.5. The summed E-state index contributed by atoms with van der Waals surface area (Å²) in [6.45, 7) is 3.36. The number of nitrogens with zero attached hydrogens (tertiary/aromatic N) is 3. The molecule has 1 aliphatic carbocycles. The Hall–Kier alpha value is -2.44. The molecule has 0 aromatic carbocycles. The van der Waals surface area contributed by atoms with Crippen LogP contribution in [0.4, 0.5) is 5.69 Å². The summed E-state index contributed by atoms with van der Waals surface area (Å²) in [5.41, 5.74) is 2.27. The summed E-state index contributed by atoms with van der Waals surface area (Å²) < 4.78 is 1.72. The summed E-state index contributed by atoms with van der Waals surface area (Å²) in [5, 5.41) is 10.9. The summed E-state index contributed by atoms with van der Waals surface area (Å²) in [6.07, 6.45) is 5.78. The lowest BCUT2D eigenvalue weighted by atomic mass is 9.97.